The predicted molar refractivity (Wildman–Crippen MR) is 58.2 cm³/mol. The van der Waals surface area contributed by atoms with E-state index in [9.17, 15) is 19.2 Å². The third-order valence-electron chi connectivity index (χ3n) is 4.32. The first-order chi connectivity index (χ1) is 8.80. The summed E-state index contributed by atoms with van der Waals surface area (Å²) in [5.74, 6) is -1.23. The van der Waals surface area contributed by atoms with Gasteiger partial charge in [0.1, 0.15) is 23.3 Å². The van der Waals surface area contributed by atoms with Gasteiger partial charge in [-0.15, -0.1) is 0 Å². The molecule has 4 atom stereocenters. The van der Waals surface area contributed by atoms with Crippen molar-refractivity contribution in [1.82, 2.24) is 21.3 Å². The minimum absolute atomic E-state index is 0.613. The molecule has 4 N–H and O–H groups in total. The van der Waals surface area contributed by atoms with Gasteiger partial charge < -0.3 is 15.4 Å². The monoisotopic (exact) mass is 268 g/mol. The highest BCUT2D eigenvalue weighted by atomic mass is 16.5. The summed E-state index contributed by atoms with van der Waals surface area (Å²) in [5.41, 5.74) is -2.63. The number of fused-ring (bicyclic) bond motifs is 3. The Kier molecular flexibility index (Phi) is 2.03. The van der Waals surface area contributed by atoms with Crippen LogP contribution in [0.2, 0.25) is 0 Å². The quantitative estimate of drug-likeness (QED) is 0.419. The molecule has 0 aliphatic carbocycles. The number of carbonyl (C=O) groups is 4. The highest BCUT2D eigenvalue weighted by Gasteiger charge is 2.72. The molecular formula is C10H12N4O5. The summed E-state index contributed by atoms with van der Waals surface area (Å²) in [7, 11) is 0. The molecule has 3 aliphatic heterocycles. The number of amides is 6. The van der Waals surface area contributed by atoms with E-state index in [0.29, 0.717) is 0 Å². The summed E-state index contributed by atoms with van der Waals surface area (Å²) in [6.45, 7) is 3.03. The smallest absolute Gasteiger partial charge is 0.323 e. The average Bonchev–Trinajstić information content (AvgIpc) is 2.52. The molecule has 0 saturated carbocycles. The molecule has 0 aromatic carbocycles. The van der Waals surface area contributed by atoms with Gasteiger partial charge in [0.2, 0.25) is 11.8 Å². The van der Waals surface area contributed by atoms with Crippen molar-refractivity contribution < 1.29 is 23.9 Å². The summed E-state index contributed by atoms with van der Waals surface area (Å²) in [4.78, 5) is 46.9. The van der Waals surface area contributed by atoms with Crippen LogP contribution >= 0.6 is 0 Å². The third kappa shape index (κ3) is 1.17. The molecule has 0 spiro atoms. The van der Waals surface area contributed by atoms with Crippen molar-refractivity contribution >= 4 is 23.9 Å². The van der Waals surface area contributed by atoms with Crippen molar-refractivity contribution in [2.24, 2.45) is 10.8 Å². The van der Waals surface area contributed by atoms with Crippen molar-refractivity contribution in [3.63, 3.8) is 0 Å². The van der Waals surface area contributed by atoms with E-state index < -0.39 is 47.2 Å². The summed E-state index contributed by atoms with van der Waals surface area (Å²) in [5, 5.41) is 9.12. The Bertz CT molecular complexity index is 488. The Morgan fingerprint density at radius 1 is 0.842 bits per heavy atom. The molecule has 3 aliphatic rings. The molecule has 19 heavy (non-hydrogen) atoms. The molecule has 0 radical (unpaired) electrons. The van der Waals surface area contributed by atoms with Crippen LogP contribution in [-0.2, 0) is 14.3 Å². The maximum Gasteiger partial charge on any atom is 0.323 e. The Hall–Kier alpha value is -2.16. The summed E-state index contributed by atoms with van der Waals surface area (Å²) < 4.78 is 5.47. The molecule has 0 unspecified atom stereocenters. The van der Waals surface area contributed by atoms with Crippen LogP contribution in [0.1, 0.15) is 13.8 Å². The van der Waals surface area contributed by atoms with Crippen LogP contribution in [0.5, 0.6) is 0 Å². The largest absolute Gasteiger partial charge is 0.333 e. The van der Waals surface area contributed by atoms with E-state index >= 15 is 0 Å². The average molecular weight is 268 g/mol. The van der Waals surface area contributed by atoms with E-state index in [1.54, 1.807) is 0 Å². The van der Waals surface area contributed by atoms with Gasteiger partial charge in [0, 0.05) is 0 Å². The van der Waals surface area contributed by atoms with E-state index in [1.165, 1.54) is 13.8 Å². The van der Waals surface area contributed by atoms with Gasteiger partial charge in [0.15, 0.2) is 0 Å². The van der Waals surface area contributed by atoms with Crippen LogP contribution in [0.15, 0.2) is 0 Å². The molecule has 102 valence electrons. The van der Waals surface area contributed by atoms with Gasteiger partial charge >= 0.3 is 12.1 Å². The maximum absolute atomic E-state index is 12.2. The fourth-order valence-electron chi connectivity index (χ4n) is 2.80. The van der Waals surface area contributed by atoms with Gasteiger partial charge in [-0.3, -0.25) is 20.2 Å². The number of urea groups is 2. The molecule has 9 heteroatoms. The number of imide groups is 2. The van der Waals surface area contributed by atoms with Crippen molar-refractivity contribution in [3.8, 4) is 0 Å². The second kappa shape index (κ2) is 3.23. The van der Waals surface area contributed by atoms with Crippen LogP contribution < -0.4 is 21.3 Å². The van der Waals surface area contributed by atoms with Gasteiger partial charge in [-0.1, -0.05) is 0 Å². The molecular weight excluding hydrogens is 256 g/mol. The van der Waals surface area contributed by atoms with Gasteiger partial charge in [0.05, 0.1) is 0 Å². The van der Waals surface area contributed by atoms with Gasteiger partial charge in [-0.2, -0.15) is 0 Å². The molecule has 0 bridgehead atoms. The molecule has 3 saturated heterocycles. The first kappa shape index (κ1) is 11.9. The van der Waals surface area contributed by atoms with Crippen molar-refractivity contribution in [2.75, 3.05) is 0 Å². The molecule has 3 fully saturated rings. The van der Waals surface area contributed by atoms with E-state index in [2.05, 4.69) is 21.3 Å². The standard InChI is InChI=1S/C10H12N4O5/c1-9-3(15)11-7(17)13-5(9)19-6-10(9,2)4(16)12-8(18)14-6/h5-6H,1-2H3,(H2,11,13,15,17)(H2,12,14,16,18)/t5-,6+,9-,10+. The van der Waals surface area contributed by atoms with E-state index in [-0.39, 0.29) is 0 Å². The van der Waals surface area contributed by atoms with Crippen LogP contribution in [0.4, 0.5) is 9.59 Å². The molecule has 0 aromatic heterocycles. The van der Waals surface area contributed by atoms with Crippen molar-refractivity contribution in [1.29, 1.82) is 0 Å². The lowest BCUT2D eigenvalue weighted by atomic mass is 9.62. The Labute approximate surface area is 107 Å². The van der Waals surface area contributed by atoms with E-state index in [4.69, 9.17) is 4.74 Å². The first-order valence-electron chi connectivity index (χ1n) is 5.69. The Morgan fingerprint density at radius 3 is 1.58 bits per heavy atom. The zero-order valence-electron chi connectivity index (χ0n) is 10.2. The highest BCUT2D eigenvalue weighted by molar-refractivity contribution is 6.08. The second-order valence-corrected chi connectivity index (χ2v) is 5.16. The normalized spacial score (nSPS) is 44.5. The lowest BCUT2D eigenvalue weighted by molar-refractivity contribution is -0.150. The minimum Gasteiger partial charge on any atom is -0.333 e. The molecule has 6 amide bonds. The summed E-state index contributed by atoms with van der Waals surface area (Å²) in [6.07, 6.45) is -1.96. The molecule has 0 aromatic rings. The highest BCUT2D eigenvalue weighted by Crippen LogP contribution is 2.53. The summed E-state index contributed by atoms with van der Waals surface area (Å²) in [6, 6.07) is -1.39. The number of hydrogen-bond acceptors (Lipinski definition) is 5. The van der Waals surface area contributed by atoms with Crippen LogP contribution in [-0.4, -0.2) is 36.3 Å². The van der Waals surface area contributed by atoms with Gasteiger partial charge in [-0.05, 0) is 13.8 Å². The van der Waals surface area contributed by atoms with Crippen molar-refractivity contribution in [3.05, 3.63) is 0 Å². The van der Waals surface area contributed by atoms with Crippen LogP contribution in [0.3, 0.4) is 0 Å². The maximum atomic E-state index is 12.2. The number of ether oxygens (including phenoxy) is 1. The fraction of sp³-hybridized carbons (Fsp3) is 0.600. The van der Waals surface area contributed by atoms with E-state index in [0.717, 1.165) is 0 Å². The minimum atomic E-state index is -1.32. The predicted octanol–water partition coefficient (Wildman–Crippen LogP) is -1.64. The molecule has 9 nitrogen and oxygen atoms in total. The molecule has 3 heterocycles. The van der Waals surface area contributed by atoms with Gasteiger partial charge in [0.25, 0.3) is 0 Å². The van der Waals surface area contributed by atoms with Crippen LogP contribution in [0, 0.1) is 10.8 Å². The number of nitrogens with one attached hydrogen (secondary N) is 4. The lowest BCUT2D eigenvalue weighted by Gasteiger charge is -2.43. The SMILES string of the molecule is C[C@]12C(=O)NC(=O)N[C@H]1O[C@H]1NC(=O)NC(=O)[C@]12C. The second-order valence-electron chi connectivity index (χ2n) is 5.16. The van der Waals surface area contributed by atoms with Gasteiger partial charge in [-0.25, -0.2) is 9.59 Å². The molecule has 3 rings (SSSR count). The number of hydrogen-bond donors (Lipinski definition) is 4. The van der Waals surface area contributed by atoms with E-state index in [1.807, 2.05) is 0 Å². The van der Waals surface area contributed by atoms with Crippen LogP contribution in [0.25, 0.3) is 0 Å². The first-order valence-corrected chi connectivity index (χ1v) is 5.69. The Morgan fingerprint density at radius 2 is 1.21 bits per heavy atom. The third-order valence-corrected chi connectivity index (χ3v) is 4.32. The zero-order chi connectivity index (χ0) is 14.0. The lowest BCUT2D eigenvalue weighted by Crippen LogP contribution is -2.71. The number of rotatable bonds is 0. The fourth-order valence-corrected chi connectivity index (χ4v) is 2.80. The Balaban J connectivity index is 2.11. The van der Waals surface area contributed by atoms with Crippen molar-refractivity contribution in [2.45, 2.75) is 26.3 Å². The zero-order valence-corrected chi connectivity index (χ0v) is 10.2. The topological polar surface area (TPSA) is 126 Å². The number of carbonyl (C=O) groups excluding carboxylic acids is 4. The summed E-state index contributed by atoms with van der Waals surface area (Å²) >= 11 is 0.